The van der Waals surface area contributed by atoms with Crippen molar-refractivity contribution in [1.82, 2.24) is 0 Å². The Bertz CT molecular complexity index is 877. The van der Waals surface area contributed by atoms with Gasteiger partial charge in [0.1, 0.15) is 17.4 Å². The van der Waals surface area contributed by atoms with Gasteiger partial charge in [-0.3, -0.25) is 4.79 Å². The fourth-order valence-corrected chi connectivity index (χ4v) is 3.82. The van der Waals surface area contributed by atoms with Crippen molar-refractivity contribution in [2.24, 2.45) is 0 Å². The summed E-state index contributed by atoms with van der Waals surface area (Å²) in [7, 11) is 1.55. The summed E-state index contributed by atoms with van der Waals surface area (Å²) in [5, 5.41) is 2.76. The lowest BCUT2D eigenvalue weighted by molar-refractivity contribution is 0.102. The molecule has 2 aromatic rings. The highest BCUT2D eigenvalue weighted by atomic mass is 19.1. The summed E-state index contributed by atoms with van der Waals surface area (Å²) < 4.78 is 34.4. The number of benzene rings is 2. The number of methoxy groups -OCH3 is 1. The summed E-state index contributed by atoms with van der Waals surface area (Å²) in [6, 6.07) is 6.07. The third-order valence-electron chi connectivity index (χ3n) is 5.22. The molecule has 0 saturated heterocycles. The Kier molecular flexibility index (Phi) is 5.73. The Hall–Kier alpha value is -2.43. The number of fused-ring (bicyclic) bond motifs is 1. The van der Waals surface area contributed by atoms with Crippen LogP contribution in [0.4, 0.5) is 14.5 Å². The van der Waals surface area contributed by atoms with Gasteiger partial charge in [0.2, 0.25) is 0 Å². The first-order chi connectivity index (χ1) is 13.2. The van der Waals surface area contributed by atoms with Gasteiger partial charge in [-0.2, -0.15) is 0 Å². The maximum Gasteiger partial charge on any atom is 0.255 e. The standard InChI is InChI=1S/C23H27F2NO2/c1-23(2,3)21-17(24)10-16(11-18(21)25)22(27)26-19-12-14-8-6-5-7-9-15(14)13-20(19)28-4/h10-13H,5-9H2,1-4H3,(H,26,27). The molecule has 0 aromatic heterocycles. The first kappa shape index (κ1) is 20.3. The number of carbonyl (C=O) groups excluding carboxylic acids is 1. The Morgan fingerprint density at radius 2 is 1.54 bits per heavy atom. The molecule has 28 heavy (non-hydrogen) atoms. The van der Waals surface area contributed by atoms with Gasteiger partial charge in [0.15, 0.2) is 0 Å². The van der Waals surface area contributed by atoms with Crippen LogP contribution in [0, 0.1) is 11.6 Å². The maximum atomic E-state index is 14.5. The molecule has 2 aromatic carbocycles. The number of hydrogen-bond donors (Lipinski definition) is 1. The number of nitrogens with one attached hydrogen (secondary N) is 1. The van der Waals surface area contributed by atoms with Crippen molar-refractivity contribution in [3.8, 4) is 5.75 Å². The maximum absolute atomic E-state index is 14.5. The third kappa shape index (κ3) is 4.18. The zero-order valence-electron chi connectivity index (χ0n) is 16.9. The molecule has 1 amide bonds. The van der Waals surface area contributed by atoms with Crippen molar-refractivity contribution < 1.29 is 18.3 Å². The molecule has 150 valence electrons. The lowest BCUT2D eigenvalue weighted by atomic mass is 9.85. The Morgan fingerprint density at radius 3 is 2.07 bits per heavy atom. The van der Waals surface area contributed by atoms with E-state index in [1.807, 2.05) is 12.1 Å². The molecule has 1 aliphatic rings. The Balaban J connectivity index is 1.92. The molecule has 0 spiro atoms. The number of amides is 1. The number of carbonyl (C=O) groups is 1. The average molecular weight is 387 g/mol. The van der Waals surface area contributed by atoms with Crippen molar-refractivity contribution in [2.75, 3.05) is 12.4 Å². The van der Waals surface area contributed by atoms with E-state index in [-0.39, 0.29) is 11.1 Å². The SMILES string of the molecule is COc1cc2c(cc1NC(=O)c1cc(F)c(C(C)(C)C)c(F)c1)CCCCC2. The van der Waals surface area contributed by atoms with Crippen molar-refractivity contribution in [1.29, 1.82) is 0 Å². The number of halogens is 2. The van der Waals surface area contributed by atoms with Gasteiger partial charge in [-0.05, 0) is 66.5 Å². The Labute approximate surface area is 165 Å². The number of anilines is 1. The molecular weight excluding hydrogens is 360 g/mol. The summed E-state index contributed by atoms with van der Waals surface area (Å²) in [5.41, 5.74) is 2.18. The minimum absolute atomic E-state index is 0.0216. The second kappa shape index (κ2) is 7.90. The summed E-state index contributed by atoms with van der Waals surface area (Å²) in [6.45, 7) is 5.19. The molecule has 0 bridgehead atoms. The number of rotatable bonds is 3. The number of ether oxygens (including phenoxy) is 1. The highest BCUT2D eigenvalue weighted by molar-refractivity contribution is 6.05. The third-order valence-corrected chi connectivity index (χ3v) is 5.22. The minimum atomic E-state index is -0.716. The normalized spacial score (nSPS) is 14.2. The van der Waals surface area contributed by atoms with Gasteiger partial charge in [-0.1, -0.05) is 27.2 Å². The lowest BCUT2D eigenvalue weighted by Crippen LogP contribution is -2.19. The molecule has 0 aliphatic heterocycles. The van der Waals surface area contributed by atoms with Crippen molar-refractivity contribution in [3.63, 3.8) is 0 Å². The highest BCUT2D eigenvalue weighted by Crippen LogP contribution is 2.33. The smallest absolute Gasteiger partial charge is 0.255 e. The summed E-state index contributed by atoms with van der Waals surface area (Å²) in [4.78, 5) is 12.7. The van der Waals surface area contributed by atoms with Crippen LogP contribution in [0.2, 0.25) is 0 Å². The van der Waals surface area contributed by atoms with E-state index in [9.17, 15) is 13.6 Å². The van der Waals surface area contributed by atoms with E-state index in [1.165, 1.54) is 17.5 Å². The molecule has 0 atom stereocenters. The van der Waals surface area contributed by atoms with E-state index in [4.69, 9.17) is 4.74 Å². The predicted octanol–water partition coefficient (Wildman–Crippen LogP) is 5.79. The van der Waals surface area contributed by atoms with Gasteiger partial charge in [0, 0.05) is 11.1 Å². The van der Waals surface area contributed by atoms with E-state index in [2.05, 4.69) is 5.32 Å². The fraction of sp³-hybridized carbons (Fsp3) is 0.435. The zero-order chi connectivity index (χ0) is 20.5. The van der Waals surface area contributed by atoms with Gasteiger partial charge in [-0.25, -0.2) is 8.78 Å². The molecule has 3 rings (SSSR count). The van der Waals surface area contributed by atoms with Gasteiger partial charge in [-0.15, -0.1) is 0 Å². The van der Waals surface area contributed by atoms with Crippen molar-refractivity contribution >= 4 is 11.6 Å². The largest absolute Gasteiger partial charge is 0.495 e. The molecule has 1 aliphatic carbocycles. The Morgan fingerprint density at radius 1 is 0.964 bits per heavy atom. The van der Waals surface area contributed by atoms with E-state index in [0.717, 1.165) is 37.8 Å². The van der Waals surface area contributed by atoms with Crippen LogP contribution in [-0.2, 0) is 18.3 Å². The van der Waals surface area contributed by atoms with Crippen LogP contribution in [0.3, 0.4) is 0 Å². The molecular formula is C23H27F2NO2. The van der Waals surface area contributed by atoms with Crippen LogP contribution in [0.1, 0.15) is 67.1 Å². The van der Waals surface area contributed by atoms with Gasteiger partial charge >= 0.3 is 0 Å². The predicted molar refractivity (Wildman–Crippen MR) is 107 cm³/mol. The summed E-state index contributed by atoms with van der Waals surface area (Å²) in [5.74, 6) is -1.44. The summed E-state index contributed by atoms with van der Waals surface area (Å²) >= 11 is 0. The molecule has 0 saturated carbocycles. The van der Waals surface area contributed by atoms with Crippen LogP contribution >= 0.6 is 0 Å². The molecule has 5 heteroatoms. The van der Waals surface area contributed by atoms with Crippen LogP contribution in [0.15, 0.2) is 24.3 Å². The van der Waals surface area contributed by atoms with Gasteiger partial charge < -0.3 is 10.1 Å². The molecule has 3 nitrogen and oxygen atoms in total. The van der Waals surface area contributed by atoms with Gasteiger partial charge in [0.05, 0.1) is 12.8 Å². The van der Waals surface area contributed by atoms with E-state index in [0.29, 0.717) is 11.4 Å². The summed E-state index contributed by atoms with van der Waals surface area (Å²) in [6.07, 6.45) is 5.37. The first-order valence-electron chi connectivity index (χ1n) is 9.71. The lowest BCUT2D eigenvalue weighted by Gasteiger charge is -2.21. The van der Waals surface area contributed by atoms with E-state index in [1.54, 1.807) is 27.9 Å². The van der Waals surface area contributed by atoms with Crippen LogP contribution in [0.25, 0.3) is 0 Å². The van der Waals surface area contributed by atoms with Gasteiger partial charge in [0.25, 0.3) is 5.91 Å². The highest BCUT2D eigenvalue weighted by Gasteiger charge is 2.25. The molecule has 0 heterocycles. The second-order valence-electron chi connectivity index (χ2n) is 8.40. The number of hydrogen-bond acceptors (Lipinski definition) is 2. The van der Waals surface area contributed by atoms with Crippen LogP contribution < -0.4 is 10.1 Å². The molecule has 1 N–H and O–H groups in total. The van der Waals surface area contributed by atoms with E-state index >= 15 is 0 Å². The quantitative estimate of drug-likeness (QED) is 0.677. The molecule has 0 fully saturated rings. The molecule has 0 unspecified atom stereocenters. The van der Waals surface area contributed by atoms with Crippen molar-refractivity contribution in [2.45, 2.75) is 58.3 Å². The fourth-order valence-electron chi connectivity index (χ4n) is 3.82. The first-order valence-corrected chi connectivity index (χ1v) is 9.71. The van der Waals surface area contributed by atoms with Crippen molar-refractivity contribution in [3.05, 3.63) is 58.2 Å². The van der Waals surface area contributed by atoms with Crippen LogP contribution in [0.5, 0.6) is 5.75 Å². The minimum Gasteiger partial charge on any atom is -0.495 e. The average Bonchev–Trinajstić information content (AvgIpc) is 2.83. The topological polar surface area (TPSA) is 38.3 Å². The zero-order valence-corrected chi connectivity index (χ0v) is 16.9. The monoisotopic (exact) mass is 387 g/mol. The molecule has 0 radical (unpaired) electrons. The second-order valence-corrected chi connectivity index (χ2v) is 8.40. The number of aryl methyl sites for hydroxylation is 2. The van der Waals surface area contributed by atoms with E-state index < -0.39 is 23.0 Å². The van der Waals surface area contributed by atoms with Crippen LogP contribution in [-0.4, -0.2) is 13.0 Å².